The zero-order chi connectivity index (χ0) is 11.7. The molecule has 0 aliphatic heterocycles. The zero-order valence-corrected chi connectivity index (χ0v) is 10.9. The lowest BCUT2D eigenvalue weighted by Crippen LogP contribution is -2.11. The van der Waals surface area contributed by atoms with Crippen LogP contribution >= 0.6 is 11.6 Å². The predicted octanol–water partition coefficient (Wildman–Crippen LogP) is 4.65. The highest BCUT2D eigenvalue weighted by molar-refractivity contribution is 6.21. The van der Waals surface area contributed by atoms with Crippen LogP contribution in [0, 0.1) is 0 Å². The second kappa shape index (κ2) is 4.67. The number of fused-ring (bicyclic) bond motifs is 1. The summed E-state index contributed by atoms with van der Waals surface area (Å²) in [5, 5.41) is 0.155. The van der Waals surface area contributed by atoms with Crippen LogP contribution in [0.25, 0.3) is 0 Å². The van der Waals surface area contributed by atoms with Crippen molar-refractivity contribution in [2.24, 2.45) is 0 Å². The van der Waals surface area contributed by atoms with E-state index < -0.39 is 0 Å². The van der Waals surface area contributed by atoms with Crippen molar-refractivity contribution in [1.82, 2.24) is 0 Å². The summed E-state index contributed by atoms with van der Waals surface area (Å²) in [5.74, 6) is 1.56. The van der Waals surface area contributed by atoms with Gasteiger partial charge in [0.15, 0.2) is 0 Å². The minimum absolute atomic E-state index is 0.155. The van der Waals surface area contributed by atoms with E-state index in [1.54, 1.807) is 0 Å². The molecule has 88 valence electrons. The monoisotopic (exact) mass is 238 g/mol. The van der Waals surface area contributed by atoms with Gasteiger partial charge < -0.3 is 4.74 Å². The molecule has 0 bridgehead atoms. The molecule has 1 nitrogen and oxygen atoms in total. The maximum absolute atomic E-state index is 6.37. The second-order valence-corrected chi connectivity index (χ2v) is 5.43. The summed E-state index contributed by atoms with van der Waals surface area (Å²) in [6.45, 7) is 6.35. The zero-order valence-electron chi connectivity index (χ0n) is 10.2. The first-order chi connectivity index (χ1) is 7.58. The normalized spacial score (nSPS) is 24.3. The molecular formula is C14H19ClO. The number of hydrogen-bond acceptors (Lipinski definition) is 1. The van der Waals surface area contributed by atoms with Crippen LogP contribution < -0.4 is 4.74 Å². The molecule has 2 atom stereocenters. The number of hydrogen-bond donors (Lipinski definition) is 0. The van der Waals surface area contributed by atoms with E-state index >= 15 is 0 Å². The molecule has 0 saturated heterocycles. The molecule has 2 unspecified atom stereocenters. The molecule has 0 N–H and O–H groups in total. The van der Waals surface area contributed by atoms with Crippen LogP contribution in [-0.4, -0.2) is 6.10 Å². The molecular weight excluding hydrogens is 220 g/mol. The number of rotatable bonds is 2. The smallest absolute Gasteiger partial charge is 0.120 e. The molecule has 2 rings (SSSR count). The Bertz CT molecular complexity index is 373. The fourth-order valence-corrected chi connectivity index (χ4v) is 2.64. The first-order valence-electron chi connectivity index (χ1n) is 6.02. The summed E-state index contributed by atoms with van der Waals surface area (Å²) in [6.07, 6.45) is 2.47. The van der Waals surface area contributed by atoms with E-state index in [0.29, 0.717) is 5.92 Å². The van der Waals surface area contributed by atoms with Gasteiger partial charge in [0, 0.05) is 0 Å². The van der Waals surface area contributed by atoms with Gasteiger partial charge in [-0.15, -0.1) is 11.6 Å². The molecule has 0 radical (unpaired) electrons. The maximum atomic E-state index is 6.37. The summed E-state index contributed by atoms with van der Waals surface area (Å²) in [5.41, 5.74) is 2.65. The van der Waals surface area contributed by atoms with Crippen LogP contribution in [0.2, 0.25) is 0 Å². The molecule has 0 saturated carbocycles. The van der Waals surface area contributed by atoms with Crippen molar-refractivity contribution in [2.75, 3.05) is 0 Å². The molecule has 0 spiro atoms. The third-order valence-corrected chi connectivity index (χ3v) is 3.60. The topological polar surface area (TPSA) is 9.23 Å². The minimum atomic E-state index is 0.155. The highest BCUT2D eigenvalue weighted by atomic mass is 35.5. The lowest BCUT2D eigenvalue weighted by atomic mass is 9.83. The van der Waals surface area contributed by atoms with E-state index in [4.69, 9.17) is 16.3 Å². The van der Waals surface area contributed by atoms with Crippen LogP contribution in [0.3, 0.4) is 0 Å². The Balaban J connectivity index is 2.32. The summed E-state index contributed by atoms with van der Waals surface area (Å²) in [6, 6.07) is 6.35. The van der Waals surface area contributed by atoms with E-state index in [9.17, 15) is 0 Å². The molecule has 2 heteroatoms. The Morgan fingerprint density at radius 3 is 2.69 bits per heavy atom. The van der Waals surface area contributed by atoms with Crippen LogP contribution in [0.1, 0.15) is 56.0 Å². The van der Waals surface area contributed by atoms with Crippen molar-refractivity contribution in [1.29, 1.82) is 0 Å². The molecule has 1 aromatic rings. The van der Waals surface area contributed by atoms with Gasteiger partial charge in [-0.3, -0.25) is 0 Å². The molecule has 0 heterocycles. The summed E-state index contributed by atoms with van der Waals surface area (Å²) < 4.78 is 5.71. The van der Waals surface area contributed by atoms with Crippen molar-refractivity contribution >= 4 is 11.6 Å². The van der Waals surface area contributed by atoms with Gasteiger partial charge in [-0.2, -0.15) is 0 Å². The Hall–Kier alpha value is -0.690. The highest BCUT2D eigenvalue weighted by Gasteiger charge is 2.23. The van der Waals surface area contributed by atoms with Crippen molar-refractivity contribution in [3.63, 3.8) is 0 Å². The van der Waals surface area contributed by atoms with Crippen molar-refractivity contribution in [3.8, 4) is 5.75 Å². The Morgan fingerprint density at radius 2 is 2.00 bits per heavy atom. The third kappa shape index (κ3) is 2.35. The van der Waals surface area contributed by atoms with E-state index in [1.807, 2.05) is 13.8 Å². The van der Waals surface area contributed by atoms with E-state index in [0.717, 1.165) is 12.2 Å². The van der Waals surface area contributed by atoms with Crippen molar-refractivity contribution < 1.29 is 4.74 Å². The summed E-state index contributed by atoms with van der Waals surface area (Å²) in [7, 11) is 0. The first-order valence-corrected chi connectivity index (χ1v) is 6.46. The lowest BCUT2D eigenvalue weighted by Gasteiger charge is -2.26. The summed E-state index contributed by atoms with van der Waals surface area (Å²) in [4.78, 5) is 0. The standard InChI is InChI=1S/C14H19ClO/c1-9(2)16-11-5-6-12-10(3)4-7-14(15)13(12)8-11/h5-6,8-10,14H,4,7H2,1-3H3. The van der Waals surface area contributed by atoms with Gasteiger partial charge in [0.2, 0.25) is 0 Å². The number of benzene rings is 1. The third-order valence-electron chi connectivity index (χ3n) is 3.15. The average Bonchev–Trinajstić information content (AvgIpc) is 2.23. The van der Waals surface area contributed by atoms with E-state index in [-0.39, 0.29) is 11.5 Å². The molecule has 16 heavy (non-hydrogen) atoms. The van der Waals surface area contributed by atoms with E-state index in [2.05, 4.69) is 25.1 Å². The molecule has 1 aliphatic carbocycles. The average molecular weight is 239 g/mol. The van der Waals surface area contributed by atoms with Crippen LogP contribution in [0.15, 0.2) is 18.2 Å². The van der Waals surface area contributed by atoms with E-state index in [1.165, 1.54) is 17.5 Å². The van der Waals surface area contributed by atoms with Gasteiger partial charge in [0.25, 0.3) is 0 Å². The number of alkyl halides is 1. The fourth-order valence-electron chi connectivity index (χ4n) is 2.33. The Morgan fingerprint density at radius 1 is 1.25 bits per heavy atom. The number of ether oxygens (including phenoxy) is 1. The van der Waals surface area contributed by atoms with Crippen molar-refractivity contribution in [2.45, 2.75) is 51.0 Å². The van der Waals surface area contributed by atoms with Gasteiger partial charge in [-0.25, -0.2) is 0 Å². The number of halogens is 1. The molecule has 0 amide bonds. The Labute approximate surface area is 103 Å². The molecule has 0 aromatic heterocycles. The van der Waals surface area contributed by atoms with Gasteiger partial charge >= 0.3 is 0 Å². The van der Waals surface area contributed by atoms with Crippen LogP contribution in [0.5, 0.6) is 5.75 Å². The maximum Gasteiger partial charge on any atom is 0.120 e. The quantitative estimate of drug-likeness (QED) is 0.682. The van der Waals surface area contributed by atoms with Crippen LogP contribution in [0.4, 0.5) is 0 Å². The highest BCUT2D eigenvalue weighted by Crippen LogP contribution is 2.42. The van der Waals surface area contributed by atoms with Gasteiger partial charge in [-0.05, 0) is 55.9 Å². The van der Waals surface area contributed by atoms with Gasteiger partial charge in [-0.1, -0.05) is 13.0 Å². The van der Waals surface area contributed by atoms with Gasteiger partial charge in [0.1, 0.15) is 5.75 Å². The molecule has 1 aromatic carbocycles. The SMILES string of the molecule is CC(C)Oc1ccc2c(c1)C(Cl)CCC2C. The largest absolute Gasteiger partial charge is 0.491 e. The first kappa shape index (κ1) is 11.8. The Kier molecular flexibility index (Phi) is 3.44. The summed E-state index contributed by atoms with van der Waals surface area (Å²) >= 11 is 6.37. The lowest BCUT2D eigenvalue weighted by molar-refractivity contribution is 0.242. The molecule has 1 aliphatic rings. The van der Waals surface area contributed by atoms with Crippen molar-refractivity contribution in [3.05, 3.63) is 29.3 Å². The molecule has 0 fully saturated rings. The van der Waals surface area contributed by atoms with Gasteiger partial charge in [0.05, 0.1) is 11.5 Å². The predicted molar refractivity (Wildman–Crippen MR) is 68.4 cm³/mol. The second-order valence-electron chi connectivity index (χ2n) is 4.90. The fraction of sp³-hybridized carbons (Fsp3) is 0.571. The minimum Gasteiger partial charge on any atom is -0.491 e. The van der Waals surface area contributed by atoms with Crippen LogP contribution in [-0.2, 0) is 0 Å².